The summed E-state index contributed by atoms with van der Waals surface area (Å²) < 4.78 is 18.1. The Morgan fingerprint density at radius 1 is 1.36 bits per heavy atom. The van der Waals surface area contributed by atoms with Crippen LogP contribution in [-0.2, 0) is 18.2 Å². The molecule has 0 spiro atoms. The molecule has 1 aromatic heterocycles. The van der Waals surface area contributed by atoms with E-state index >= 15 is 0 Å². The summed E-state index contributed by atoms with van der Waals surface area (Å²) in [5.41, 5.74) is 0.438. The Labute approximate surface area is 168 Å². The molecular formula is C19H26N4O4S. The summed E-state index contributed by atoms with van der Waals surface area (Å²) in [6, 6.07) is 5.13. The second kappa shape index (κ2) is 9.79. The fourth-order valence-corrected chi connectivity index (χ4v) is 4.00. The first-order valence-corrected chi connectivity index (χ1v) is 10.2. The highest BCUT2D eigenvalue weighted by Crippen LogP contribution is 2.24. The molecule has 1 N–H and O–H groups in total. The van der Waals surface area contributed by atoms with Gasteiger partial charge in [0.2, 0.25) is 0 Å². The molecule has 8 nitrogen and oxygen atoms in total. The van der Waals surface area contributed by atoms with Gasteiger partial charge in [-0.15, -0.1) is 10.2 Å². The summed E-state index contributed by atoms with van der Waals surface area (Å²) in [6.45, 7) is 1.30. The Kier molecular flexibility index (Phi) is 7.16. The maximum atomic E-state index is 12.5. The molecule has 0 bridgehead atoms. The Morgan fingerprint density at radius 3 is 2.93 bits per heavy atom. The number of thioether (sulfide) groups is 1. The molecule has 1 atom stereocenters. The van der Waals surface area contributed by atoms with Gasteiger partial charge in [-0.2, -0.15) is 0 Å². The molecule has 1 amide bonds. The Morgan fingerprint density at radius 2 is 2.21 bits per heavy atom. The van der Waals surface area contributed by atoms with Crippen LogP contribution in [0.4, 0.5) is 0 Å². The van der Waals surface area contributed by atoms with E-state index in [0.29, 0.717) is 36.1 Å². The molecule has 1 aliphatic rings. The number of hydrogen-bond donors (Lipinski definition) is 1. The van der Waals surface area contributed by atoms with Gasteiger partial charge in [0.25, 0.3) is 5.91 Å². The summed E-state index contributed by atoms with van der Waals surface area (Å²) >= 11 is 1.66. The fraction of sp³-hybridized carbons (Fsp3) is 0.526. The van der Waals surface area contributed by atoms with Crippen LogP contribution in [-0.4, -0.2) is 59.9 Å². The number of nitrogens with one attached hydrogen (secondary N) is 1. The zero-order valence-electron chi connectivity index (χ0n) is 16.4. The van der Waals surface area contributed by atoms with Crippen LogP contribution in [0.5, 0.6) is 11.5 Å². The molecule has 0 unspecified atom stereocenters. The van der Waals surface area contributed by atoms with Crippen molar-refractivity contribution in [3.63, 3.8) is 0 Å². The van der Waals surface area contributed by atoms with E-state index in [-0.39, 0.29) is 5.91 Å². The highest BCUT2D eigenvalue weighted by atomic mass is 32.2. The Hall–Kier alpha value is -2.26. The minimum atomic E-state index is -0.217. The summed E-state index contributed by atoms with van der Waals surface area (Å²) in [7, 11) is 5.04. The van der Waals surface area contributed by atoms with E-state index in [4.69, 9.17) is 14.2 Å². The van der Waals surface area contributed by atoms with Crippen LogP contribution in [0.3, 0.4) is 0 Å². The average Bonchev–Trinajstić information content (AvgIpc) is 3.36. The number of carbonyl (C=O) groups excluding carboxylic acids is 1. The van der Waals surface area contributed by atoms with Gasteiger partial charge in [-0.25, -0.2) is 0 Å². The molecule has 2 heterocycles. The van der Waals surface area contributed by atoms with Gasteiger partial charge in [-0.3, -0.25) is 4.79 Å². The number of hydrogen-bond acceptors (Lipinski definition) is 7. The quantitative estimate of drug-likeness (QED) is 0.638. The number of amides is 1. The van der Waals surface area contributed by atoms with Gasteiger partial charge in [0.1, 0.15) is 17.3 Å². The zero-order chi connectivity index (χ0) is 19.9. The highest BCUT2D eigenvalue weighted by molar-refractivity contribution is 7.99. The van der Waals surface area contributed by atoms with Crippen LogP contribution in [0, 0.1) is 0 Å². The molecule has 1 aromatic carbocycles. The lowest BCUT2D eigenvalue weighted by molar-refractivity contribution is 0.0950. The number of nitrogens with zero attached hydrogens (tertiary/aromatic N) is 3. The highest BCUT2D eigenvalue weighted by Gasteiger charge is 2.18. The van der Waals surface area contributed by atoms with Crippen LogP contribution >= 0.6 is 11.8 Å². The lowest BCUT2D eigenvalue weighted by Gasteiger charge is -2.11. The molecule has 1 fully saturated rings. The van der Waals surface area contributed by atoms with Crippen LogP contribution in [0.15, 0.2) is 23.4 Å². The second-order valence-corrected chi connectivity index (χ2v) is 7.46. The molecule has 0 saturated carbocycles. The number of aromatic nitrogens is 3. The zero-order valence-corrected chi connectivity index (χ0v) is 17.3. The maximum Gasteiger partial charge on any atom is 0.255 e. The van der Waals surface area contributed by atoms with Crippen molar-refractivity contribution >= 4 is 17.7 Å². The minimum absolute atomic E-state index is 0.217. The van der Waals surface area contributed by atoms with E-state index in [9.17, 15) is 4.79 Å². The molecule has 0 aliphatic carbocycles. The van der Waals surface area contributed by atoms with Gasteiger partial charge in [0, 0.05) is 32.4 Å². The number of methoxy groups -OCH3 is 2. The molecule has 3 rings (SSSR count). The van der Waals surface area contributed by atoms with Crippen molar-refractivity contribution in [2.45, 2.75) is 30.5 Å². The van der Waals surface area contributed by atoms with E-state index in [2.05, 4.69) is 15.5 Å². The largest absolute Gasteiger partial charge is 0.497 e. The van der Waals surface area contributed by atoms with E-state index in [1.54, 1.807) is 37.1 Å². The third-order valence-electron chi connectivity index (χ3n) is 4.63. The average molecular weight is 407 g/mol. The summed E-state index contributed by atoms with van der Waals surface area (Å²) in [5, 5.41) is 12.3. The van der Waals surface area contributed by atoms with Crippen molar-refractivity contribution < 1.29 is 19.0 Å². The van der Waals surface area contributed by atoms with E-state index < -0.39 is 0 Å². The van der Waals surface area contributed by atoms with Crippen molar-refractivity contribution in [3.8, 4) is 11.5 Å². The maximum absolute atomic E-state index is 12.5. The van der Waals surface area contributed by atoms with Crippen LogP contribution in [0.2, 0.25) is 0 Å². The Bertz CT molecular complexity index is 805. The van der Waals surface area contributed by atoms with E-state index in [1.807, 2.05) is 11.6 Å². The summed E-state index contributed by atoms with van der Waals surface area (Å²) in [6.07, 6.45) is 3.13. The van der Waals surface area contributed by atoms with Gasteiger partial charge in [-0.1, -0.05) is 11.8 Å². The predicted octanol–water partition coefficient (Wildman–Crippen LogP) is 2.08. The number of ether oxygens (including phenoxy) is 3. The monoisotopic (exact) mass is 406 g/mol. The lowest BCUT2D eigenvalue weighted by Crippen LogP contribution is -2.26. The van der Waals surface area contributed by atoms with Crippen molar-refractivity contribution in [2.75, 3.05) is 33.1 Å². The molecule has 0 radical (unpaired) electrons. The van der Waals surface area contributed by atoms with Gasteiger partial charge >= 0.3 is 0 Å². The number of carbonyl (C=O) groups is 1. The van der Waals surface area contributed by atoms with Gasteiger partial charge in [0.05, 0.1) is 25.9 Å². The second-order valence-electron chi connectivity index (χ2n) is 6.48. The molecule has 1 saturated heterocycles. The topological polar surface area (TPSA) is 87.5 Å². The van der Waals surface area contributed by atoms with Crippen molar-refractivity contribution in [1.82, 2.24) is 20.1 Å². The standard InChI is InChI=1S/C19H26N4O4S/c1-23-17(21-22-19(23)28-12-14-5-4-10-27-14)8-9-20-18(24)15-11-13(25-2)6-7-16(15)26-3/h6-7,11,14H,4-5,8-10,12H2,1-3H3,(H,20,24)/t14-/m1/s1. The predicted molar refractivity (Wildman–Crippen MR) is 106 cm³/mol. The van der Waals surface area contributed by atoms with Crippen LogP contribution in [0.1, 0.15) is 29.0 Å². The summed E-state index contributed by atoms with van der Waals surface area (Å²) in [5.74, 6) is 2.61. The van der Waals surface area contributed by atoms with E-state index in [1.165, 1.54) is 7.11 Å². The molecule has 28 heavy (non-hydrogen) atoms. The van der Waals surface area contributed by atoms with Gasteiger partial charge in [-0.05, 0) is 31.0 Å². The third kappa shape index (κ3) is 4.96. The molecule has 2 aromatic rings. The number of rotatable bonds is 9. The minimum Gasteiger partial charge on any atom is -0.497 e. The first kappa shape index (κ1) is 20.5. The SMILES string of the molecule is COc1ccc(OC)c(C(=O)NCCc2nnc(SC[C@H]3CCCO3)n2C)c1. The smallest absolute Gasteiger partial charge is 0.255 e. The normalized spacial score (nSPS) is 16.2. The first-order chi connectivity index (χ1) is 13.6. The van der Waals surface area contributed by atoms with E-state index in [0.717, 1.165) is 36.2 Å². The van der Waals surface area contributed by atoms with Crippen molar-refractivity contribution in [3.05, 3.63) is 29.6 Å². The van der Waals surface area contributed by atoms with Crippen molar-refractivity contribution in [1.29, 1.82) is 0 Å². The lowest BCUT2D eigenvalue weighted by atomic mass is 10.1. The van der Waals surface area contributed by atoms with Crippen LogP contribution < -0.4 is 14.8 Å². The fourth-order valence-electron chi connectivity index (χ4n) is 3.01. The van der Waals surface area contributed by atoms with Crippen molar-refractivity contribution in [2.24, 2.45) is 7.05 Å². The molecular weight excluding hydrogens is 380 g/mol. The van der Waals surface area contributed by atoms with Crippen LogP contribution in [0.25, 0.3) is 0 Å². The molecule has 9 heteroatoms. The summed E-state index contributed by atoms with van der Waals surface area (Å²) in [4.78, 5) is 12.5. The molecule has 1 aliphatic heterocycles. The van der Waals surface area contributed by atoms with Gasteiger partial charge < -0.3 is 24.1 Å². The number of benzene rings is 1. The molecule has 152 valence electrons. The van der Waals surface area contributed by atoms with Gasteiger partial charge in [0.15, 0.2) is 5.16 Å². The third-order valence-corrected chi connectivity index (χ3v) is 5.78. The Balaban J connectivity index is 1.53. The first-order valence-electron chi connectivity index (χ1n) is 9.25.